The lowest BCUT2D eigenvalue weighted by Crippen LogP contribution is -2.06. The van der Waals surface area contributed by atoms with Crippen molar-refractivity contribution in [3.05, 3.63) is 22.8 Å². The Labute approximate surface area is 110 Å². The van der Waals surface area contributed by atoms with Crippen LogP contribution < -0.4 is 5.32 Å². The van der Waals surface area contributed by atoms with Crippen LogP contribution in [-0.2, 0) is 0 Å². The summed E-state index contributed by atoms with van der Waals surface area (Å²) < 4.78 is 0. The lowest BCUT2D eigenvalue weighted by Gasteiger charge is -2.07. The maximum atomic E-state index is 10.7. The van der Waals surface area contributed by atoms with Crippen molar-refractivity contribution in [2.75, 3.05) is 23.9 Å². The minimum Gasteiger partial charge on any atom is -0.478 e. The van der Waals surface area contributed by atoms with E-state index in [9.17, 15) is 4.79 Å². The summed E-state index contributed by atoms with van der Waals surface area (Å²) in [6.07, 6.45) is 5.56. The summed E-state index contributed by atoms with van der Waals surface area (Å²) in [6, 6.07) is 1.40. The topological polar surface area (TPSA) is 62.2 Å². The molecular weight excluding hydrogens is 260 g/mol. The molecule has 6 heteroatoms. The Kier molecular flexibility index (Phi) is 6.15. The lowest BCUT2D eigenvalue weighted by atomic mass is 10.3. The van der Waals surface area contributed by atoms with Crippen LogP contribution in [0.15, 0.2) is 12.3 Å². The van der Waals surface area contributed by atoms with Gasteiger partial charge >= 0.3 is 5.97 Å². The highest BCUT2D eigenvalue weighted by atomic mass is 35.5. The zero-order chi connectivity index (χ0) is 12.7. The fourth-order valence-corrected chi connectivity index (χ4v) is 1.99. The van der Waals surface area contributed by atoms with Crippen molar-refractivity contribution < 1.29 is 9.90 Å². The number of unbranched alkanes of at least 4 members (excludes halogenated alkanes) is 1. The minimum absolute atomic E-state index is 0.0999. The van der Waals surface area contributed by atoms with Crippen molar-refractivity contribution in [3.63, 3.8) is 0 Å². The van der Waals surface area contributed by atoms with Gasteiger partial charge < -0.3 is 10.4 Å². The van der Waals surface area contributed by atoms with Gasteiger partial charge in [-0.05, 0) is 30.9 Å². The molecule has 1 aromatic rings. The summed E-state index contributed by atoms with van der Waals surface area (Å²) >= 11 is 7.74. The monoisotopic (exact) mass is 274 g/mol. The van der Waals surface area contributed by atoms with Gasteiger partial charge in [0.2, 0.25) is 0 Å². The molecule has 94 valence electrons. The van der Waals surface area contributed by atoms with Crippen molar-refractivity contribution in [1.82, 2.24) is 4.98 Å². The average molecular weight is 275 g/mol. The standard InChI is InChI=1S/C11H15ClN2O2S/c1-17-5-3-2-4-13-10-9(12)6-8(7-14-10)11(15)16/h6-7H,2-5H2,1H3,(H,13,14)(H,15,16). The summed E-state index contributed by atoms with van der Waals surface area (Å²) in [4.78, 5) is 14.7. The van der Waals surface area contributed by atoms with Gasteiger partial charge in [0, 0.05) is 12.7 Å². The van der Waals surface area contributed by atoms with Crippen molar-refractivity contribution >= 4 is 35.1 Å². The van der Waals surface area contributed by atoms with Gasteiger partial charge in [0.1, 0.15) is 5.82 Å². The van der Waals surface area contributed by atoms with E-state index in [-0.39, 0.29) is 5.56 Å². The molecular formula is C11H15ClN2O2S. The Morgan fingerprint density at radius 2 is 2.35 bits per heavy atom. The van der Waals surface area contributed by atoms with Gasteiger partial charge in [-0.1, -0.05) is 11.6 Å². The number of pyridine rings is 1. The molecule has 1 aromatic heterocycles. The summed E-state index contributed by atoms with van der Waals surface area (Å²) in [7, 11) is 0. The van der Waals surface area contributed by atoms with Crippen LogP contribution in [-0.4, -0.2) is 34.6 Å². The molecule has 0 amide bonds. The van der Waals surface area contributed by atoms with Crippen LogP contribution in [0.25, 0.3) is 0 Å². The van der Waals surface area contributed by atoms with E-state index < -0.39 is 5.97 Å². The van der Waals surface area contributed by atoms with Crippen LogP contribution >= 0.6 is 23.4 Å². The number of carboxylic acids is 1. The Morgan fingerprint density at radius 3 is 2.94 bits per heavy atom. The second-order valence-corrected chi connectivity index (χ2v) is 4.88. The molecule has 0 aromatic carbocycles. The normalized spacial score (nSPS) is 10.2. The van der Waals surface area contributed by atoms with Crippen molar-refractivity contribution in [2.45, 2.75) is 12.8 Å². The van der Waals surface area contributed by atoms with Crippen LogP contribution in [0.4, 0.5) is 5.82 Å². The largest absolute Gasteiger partial charge is 0.478 e. The lowest BCUT2D eigenvalue weighted by molar-refractivity contribution is 0.0696. The first-order chi connectivity index (χ1) is 8.15. The first-order valence-corrected chi connectivity index (χ1v) is 7.04. The molecule has 0 atom stereocenters. The van der Waals surface area contributed by atoms with Gasteiger partial charge in [0.25, 0.3) is 0 Å². The molecule has 0 aliphatic carbocycles. The second kappa shape index (κ2) is 7.40. The van der Waals surface area contributed by atoms with Gasteiger partial charge in [-0.2, -0.15) is 11.8 Å². The van der Waals surface area contributed by atoms with E-state index in [2.05, 4.69) is 16.6 Å². The SMILES string of the molecule is CSCCCCNc1ncc(C(=O)O)cc1Cl. The number of halogens is 1. The average Bonchev–Trinajstić information content (AvgIpc) is 2.30. The van der Waals surface area contributed by atoms with Crippen LogP contribution in [0.5, 0.6) is 0 Å². The fraction of sp³-hybridized carbons (Fsp3) is 0.455. The number of aromatic nitrogens is 1. The van der Waals surface area contributed by atoms with Gasteiger partial charge in [-0.15, -0.1) is 0 Å². The number of anilines is 1. The number of aromatic carboxylic acids is 1. The van der Waals surface area contributed by atoms with E-state index in [1.165, 1.54) is 12.3 Å². The summed E-state index contributed by atoms with van der Waals surface area (Å²) in [5.41, 5.74) is 0.0999. The molecule has 4 nitrogen and oxygen atoms in total. The van der Waals surface area contributed by atoms with Gasteiger partial charge in [-0.3, -0.25) is 0 Å². The van der Waals surface area contributed by atoms with Gasteiger partial charge in [0.15, 0.2) is 0 Å². The molecule has 0 unspecified atom stereocenters. The summed E-state index contributed by atoms with van der Waals surface area (Å²) in [5.74, 6) is 0.660. The maximum absolute atomic E-state index is 10.7. The third-order valence-electron chi connectivity index (χ3n) is 2.16. The Hall–Kier alpha value is -0.940. The van der Waals surface area contributed by atoms with Crippen LogP contribution in [0.3, 0.4) is 0 Å². The summed E-state index contributed by atoms with van der Waals surface area (Å²) in [5, 5.41) is 12.2. The first-order valence-electron chi connectivity index (χ1n) is 5.27. The molecule has 17 heavy (non-hydrogen) atoms. The fourth-order valence-electron chi connectivity index (χ4n) is 1.26. The van der Waals surface area contributed by atoms with Crippen molar-refractivity contribution in [2.24, 2.45) is 0 Å². The Morgan fingerprint density at radius 1 is 1.59 bits per heavy atom. The number of nitrogens with zero attached hydrogens (tertiary/aromatic N) is 1. The quantitative estimate of drug-likeness (QED) is 0.749. The number of thioether (sulfide) groups is 1. The number of hydrogen-bond donors (Lipinski definition) is 2. The van der Waals surface area contributed by atoms with Crippen molar-refractivity contribution in [1.29, 1.82) is 0 Å². The number of carbonyl (C=O) groups is 1. The van der Waals surface area contributed by atoms with Gasteiger partial charge in [-0.25, -0.2) is 9.78 Å². The molecule has 0 saturated heterocycles. The minimum atomic E-state index is -1.02. The zero-order valence-electron chi connectivity index (χ0n) is 9.57. The van der Waals surface area contributed by atoms with Gasteiger partial charge in [0.05, 0.1) is 10.6 Å². The highest BCUT2D eigenvalue weighted by molar-refractivity contribution is 7.98. The third-order valence-corrected chi connectivity index (χ3v) is 3.14. The molecule has 1 heterocycles. The molecule has 0 saturated carbocycles. The molecule has 2 N–H and O–H groups in total. The van der Waals surface area contributed by atoms with E-state index in [0.29, 0.717) is 10.8 Å². The highest BCUT2D eigenvalue weighted by Crippen LogP contribution is 2.20. The van der Waals surface area contributed by atoms with E-state index in [4.69, 9.17) is 16.7 Å². The third kappa shape index (κ3) is 4.83. The maximum Gasteiger partial charge on any atom is 0.337 e. The van der Waals surface area contributed by atoms with E-state index in [1.807, 2.05) is 11.8 Å². The molecule has 0 fully saturated rings. The molecule has 0 aliphatic rings. The molecule has 0 bridgehead atoms. The molecule has 1 rings (SSSR count). The zero-order valence-corrected chi connectivity index (χ0v) is 11.1. The van der Waals surface area contributed by atoms with Crippen LogP contribution in [0.2, 0.25) is 5.02 Å². The summed E-state index contributed by atoms with van der Waals surface area (Å²) in [6.45, 7) is 0.791. The molecule has 0 spiro atoms. The van der Waals surface area contributed by atoms with E-state index in [1.54, 1.807) is 0 Å². The molecule has 0 radical (unpaired) electrons. The number of carboxylic acid groups (broad SMARTS) is 1. The highest BCUT2D eigenvalue weighted by Gasteiger charge is 2.07. The first kappa shape index (κ1) is 14.1. The molecule has 0 aliphatic heterocycles. The second-order valence-electron chi connectivity index (χ2n) is 3.49. The number of nitrogens with one attached hydrogen (secondary N) is 1. The van der Waals surface area contributed by atoms with Crippen LogP contribution in [0.1, 0.15) is 23.2 Å². The van der Waals surface area contributed by atoms with E-state index >= 15 is 0 Å². The number of hydrogen-bond acceptors (Lipinski definition) is 4. The van der Waals surface area contributed by atoms with Crippen LogP contribution in [0, 0.1) is 0 Å². The smallest absolute Gasteiger partial charge is 0.337 e. The predicted molar refractivity (Wildman–Crippen MR) is 72.3 cm³/mol. The Balaban J connectivity index is 2.46. The van der Waals surface area contributed by atoms with E-state index in [0.717, 1.165) is 25.1 Å². The predicted octanol–water partition coefficient (Wildman–Crippen LogP) is 2.99. The number of rotatable bonds is 7. The Bertz CT molecular complexity index is 388. The van der Waals surface area contributed by atoms with Crippen molar-refractivity contribution in [3.8, 4) is 0 Å².